The van der Waals surface area contributed by atoms with E-state index in [0.717, 1.165) is 42.6 Å². The van der Waals surface area contributed by atoms with Crippen LogP contribution in [0.25, 0.3) is 0 Å². The Kier molecular flexibility index (Phi) is 5.75. The van der Waals surface area contributed by atoms with Crippen molar-refractivity contribution in [1.82, 2.24) is 9.47 Å². The van der Waals surface area contributed by atoms with Gasteiger partial charge in [-0.2, -0.15) is 0 Å². The number of aryl methyl sites for hydroxylation is 1. The molecule has 1 heterocycles. The summed E-state index contributed by atoms with van der Waals surface area (Å²) in [5.74, 6) is 0.133. The average Bonchev–Trinajstić information content (AvgIpc) is 2.67. The first kappa shape index (κ1) is 14.3. The number of aromatic nitrogens is 1. The molecular weight excluding hydrogens is 280 g/mol. The maximum Gasteiger partial charge on any atom is 0.270 e. The average molecular weight is 301 g/mol. The van der Waals surface area contributed by atoms with Gasteiger partial charge in [-0.1, -0.05) is 13.8 Å². The minimum absolute atomic E-state index is 0.133. The highest BCUT2D eigenvalue weighted by atomic mass is 79.9. The maximum atomic E-state index is 12.4. The Bertz CT molecular complexity index is 373. The van der Waals surface area contributed by atoms with Gasteiger partial charge < -0.3 is 9.47 Å². The molecule has 0 bridgehead atoms. The molecule has 0 unspecified atom stereocenters. The van der Waals surface area contributed by atoms with Crippen molar-refractivity contribution < 1.29 is 4.79 Å². The molecule has 0 aliphatic heterocycles. The van der Waals surface area contributed by atoms with Gasteiger partial charge in [0.2, 0.25) is 0 Å². The summed E-state index contributed by atoms with van der Waals surface area (Å²) in [6.45, 7) is 8.71. The summed E-state index contributed by atoms with van der Waals surface area (Å²) in [6, 6.07) is 1.91. The molecule has 0 radical (unpaired) electrons. The number of nitrogens with zero attached hydrogens (tertiary/aromatic N) is 2. The summed E-state index contributed by atoms with van der Waals surface area (Å²) in [4.78, 5) is 14.3. The summed E-state index contributed by atoms with van der Waals surface area (Å²) >= 11 is 3.44. The van der Waals surface area contributed by atoms with E-state index in [1.165, 1.54) is 0 Å². The summed E-state index contributed by atoms with van der Waals surface area (Å²) in [7, 11) is 0. The van der Waals surface area contributed by atoms with Gasteiger partial charge in [-0.05, 0) is 41.8 Å². The number of rotatable bonds is 6. The van der Waals surface area contributed by atoms with Crippen LogP contribution in [0.15, 0.2) is 16.7 Å². The van der Waals surface area contributed by atoms with E-state index in [-0.39, 0.29) is 5.91 Å². The monoisotopic (exact) mass is 300 g/mol. The Morgan fingerprint density at radius 1 is 1.35 bits per heavy atom. The fourth-order valence-electron chi connectivity index (χ4n) is 1.91. The standard InChI is InChI=1S/C13H21BrN2O/c1-4-7-15(6-3)13(17)12-9-11(14)10-16(12)8-5-2/h9-10H,4-8H2,1-3H3. The minimum atomic E-state index is 0.133. The van der Waals surface area contributed by atoms with Gasteiger partial charge in [0.05, 0.1) is 0 Å². The lowest BCUT2D eigenvalue weighted by molar-refractivity contribution is 0.0753. The van der Waals surface area contributed by atoms with Crippen LogP contribution in [0.1, 0.15) is 44.1 Å². The molecule has 0 spiro atoms. The van der Waals surface area contributed by atoms with Gasteiger partial charge in [0.1, 0.15) is 5.69 Å². The van der Waals surface area contributed by atoms with Crippen molar-refractivity contribution in [3.05, 3.63) is 22.4 Å². The van der Waals surface area contributed by atoms with Crippen LogP contribution < -0.4 is 0 Å². The molecule has 0 aromatic carbocycles. The molecule has 17 heavy (non-hydrogen) atoms. The molecule has 1 rings (SSSR count). The Hall–Kier alpha value is -0.770. The number of amides is 1. The van der Waals surface area contributed by atoms with Gasteiger partial charge in [0, 0.05) is 30.3 Å². The fraction of sp³-hybridized carbons (Fsp3) is 0.615. The summed E-state index contributed by atoms with van der Waals surface area (Å²) in [6.07, 6.45) is 4.01. The van der Waals surface area contributed by atoms with Gasteiger partial charge >= 0.3 is 0 Å². The number of hydrogen-bond acceptors (Lipinski definition) is 1. The zero-order chi connectivity index (χ0) is 12.8. The van der Waals surface area contributed by atoms with Gasteiger partial charge in [-0.15, -0.1) is 0 Å². The van der Waals surface area contributed by atoms with E-state index >= 15 is 0 Å². The highest BCUT2D eigenvalue weighted by Crippen LogP contribution is 2.17. The summed E-state index contributed by atoms with van der Waals surface area (Å²) in [5, 5.41) is 0. The van der Waals surface area contributed by atoms with Crippen molar-refractivity contribution in [2.24, 2.45) is 0 Å². The molecular formula is C13H21BrN2O. The lowest BCUT2D eigenvalue weighted by Gasteiger charge is -2.20. The summed E-state index contributed by atoms with van der Waals surface area (Å²) < 4.78 is 3.01. The highest BCUT2D eigenvalue weighted by Gasteiger charge is 2.17. The largest absolute Gasteiger partial charge is 0.342 e. The van der Waals surface area contributed by atoms with Crippen molar-refractivity contribution >= 4 is 21.8 Å². The second-order valence-corrected chi connectivity index (χ2v) is 5.04. The Morgan fingerprint density at radius 2 is 2.06 bits per heavy atom. The fourth-order valence-corrected chi connectivity index (χ4v) is 2.38. The van der Waals surface area contributed by atoms with Gasteiger partial charge in [-0.25, -0.2) is 0 Å². The minimum Gasteiger partial charge on any atom is -0.342 e. The predicted octanol–water partition coefficient (Wildman–Crippen LogP) is 3.53. The van der Waals surface area contributed by atoms with Crippen molar-refractivity contribution in [2.45, 2.75) is 40.2 Å². The van der Waals surface area contributed by atoms with Crippen LogP contribution in [0.3, 0.4) is 0 Å². The molecule has 0 atom stereocenters. The zero-order valence-corrected chi connectivity index (χ0v) is 12.5. The van der Waals surface area contributed by atoms with E-state index in [1.54, 1.807) is 0 Å². The van der Waals surface area contributed by atoms with Crippen LogP contribution in [0, 0.1) is 0 Å². The van der Waals surface area contributed by atoms with Crippen LogP contribution in [-0.2, 0) is 6.54 Å². The van der Waals surface area contributed by atoms with Crippen molar-refractivity contribution in [3.8, 4) is 0 Å². The second kappa shape index (κ2) is 6.84. The Labute approximate surface area is 112 Å². The molecule has 1 aromatic rings. The van der Waals surface area contributed by atoms with Crippen molar-refractivity contribution in [2.75, 3.05) is 13.1 Å². The molecule has 0 saturated heterocycles. The number of halogens is 1. The normalized spacial score (nSPS) is 10.6. The number of carbonyl (C=O) groups is 1. The third-order valence-electron chi connectivity index (χ3n) is 2.71. The molecule has 1 aromatic heterocycles. The van der Waals surface area contributed by atoms with Crippen LogP contribution in [0.2, 0.25) is 0 Å². The second-order valence-electron chi connectivity index (χ2n) is 4.12. The number of hydrogen-bond donors (Lipinski definition) is 0. The van der Waals surface area contributed by atoms with Crippen molar-refractivity contribution in [3.63, 3.8) is 0 Å². The van der Waals surface area contributed by atoms with Crippen LogP contribution >= 0.6 is 15.9 Å². The predicted molar refractivity (Wildman–Crippen MR) is 74.3 cm³/mol. The Morgan fingerprint density at radius 3 is 2.59 bits per heavy atom. The lowest BCUT2D eigenvalue weighted by Crippen LogP contribution is -2.33. The quantitative estimate of drug-likeness (QED) is 0.789. The van der Waals surface area contributed by atoms with Crippen molar-refractivity contribution in [1.29, 1.82) is 0 Å². The molecule has 1 amide bonds. The van der Waals surface area contributed by atoms with E-state index in [4.69, 9.17) is 0 Å². The molecule has 0 saturated carbocycles. The molecule has 96 valence electrons. The first-order valence-corrected chi connectivity index (χ1v) is 7.08. The smallest absolute Gasteiger partial charge is 0.270 e. The maximum absolute atomic E-state index is 12.4. The van der Waals surface area contributed by atoms with Crippen LogP contribution in [0.4, 0.5) is 0 Å². The molecule has 0 fully saturated rings. The molecule has 0 N–H and O–H groups in total. The van der Waals surface area contributed by atoms with E-state index < -0.39 is 0 Å². The third-order valence-corrected chi connectivity index (χ3v) is 3.14. The van der Waals surface area contributed by atoms with Crippen LogP contribution in [0.5, 0.6) is 0 Å². The Balaban J connectivity index is 2.93. The SMILES string of the molecule is CCCN(CC)C(=O)c1cc(Br)cn1CCC. The van der Waals surface area contributed by atoms with Gasteiger partial charge in [0.25, 0.3) is 5.91 Å². The molecule has 0 aliphatic carbocycles. The lowest BCUT2D eigenvalue weighted by atomic mass is 10.3. The topological polar surface area (TPSA) is 25.2 Å². The van der Waals surface area contributed by atoms with E-state index in [9.17, 15) is 4.79 Å². The molecule has 4 heteroatoms. The van der Waals surface area contributed by atoms with Crippen LogP contribution in [-0.4, -0.2) is 28.5 Å². The van der Waals surface area contributed by atoms with E-state index in [0.29, 0.717) is 0 Å². The first-order valence-electron chi connectivity index (χ1n) is 6.28. The molecule has 3 nitrogen and oxygen atoms in total. The first-order chi connectivity index (χ1) is 8.13. The highest BCUT2D eigenvalue weighted by molar-refractivity contribution is 9.10. The van der Waals surface area contributed by atoms with Gasteiger partial charge in [-0.3, -0.25) is 4.79 Å². The zero-order valence-electron chi connectivity index (χ0n) is 10.9. The van der Waals surface area contributed by atoms with E-state index in [2.05, 4.69) is 29.8 Å². The third kappa shape index (κ3) is 3.60. The summed E-state index contributed by atoms with van der Waals surface area (Å²) in [5.41, 5.74) is 0.786. The van der Waals surface area contributed by atoms with Gasteiger partial charge in [0.15, 0.2) is 0 Å². The van der Waals surface area contributed by atoms with E-state index in [1.807, 2.05) is 28.7 Å². The number of carbonyl (C=O) groups excluding carboxylic acids is 1. The molecule has 0 aliphatic rings.